The monoisotopic (exact) mass is 309 g/mol. The molecule has 0 bridgehead atoms. The summed E-state index contributed by atoms with van der Waals surface area (Å²) in [6, 6.07) is 0.229. The molecule has 5 nitrogen and oxygen atoms in total. The van der Waals surface area contributed by atoms with E-state index in [9.17, 15) is 4.79 Å². The first-order chi connectivity index (χ1) is 10.2. The fraction of sp³-hybridized carbons (Fsp3) is 0.733. The number of aromatic nitrogens is 1. The zero-order chi connectivity index (χ0) is 14.9. The Labute approximate surface area is 129 Å². The predicted molar refractivity (Wildman–Crippen MR) is 82.2 cm³/mol. The van der Waals surface area contributed by atoms with Gasteiger partial charge in [0.2, 0.25) is 0 Å². The van der Waals surface area contributed by atoms with Crippen molar-refractivity contribution >= 4 is 17.2 Å². The van der Waals surface area contributed by atoms with Gasteiger partial charge in [0.25, 0.3) is 5.91 Å². The summed E-state index contributed by atoms with van der Waals surface area (Å²) in [7, 11) is 0. The first-order valence-electron chi connectivity index (χ1n) is 7.76. The predicted octanol–water partition coefficient (Wildman–Crippen LogP) is 2.07. The van der Waals surface area contributed by atoms with Gasteiger partial charge in [-0.1, -0.05) is 12.8 Å². The molecule has 6 heteroatoms. The zero-order valence-electron chi connectivity index (χ0n) is 12.4. The third kappa shape index (κ3) is 2.60. The van der Waals surface area contributed by atoms with E-state index in [-0.39, 0.29) is 17.4 Å². The maximum Gasteiger partial charge on any atom is 0.271 e. The molecule has 2 saturated carbocycles. The smallest absolute Gasteiger partial charge is 0.271 e. The van der Waals surface area contributed by atoms with Crippen LogP contribution in [0.2, 0.25) is 0 Å². The van der Waals surface area contributed by atoms with Crippen molar-refractivity contribution < 1.29 is 9.53 Å². The number of nitrogens with one attached hydrogen (secondary N) is 1. The minimum atomic E-state index is -0.0721. The summed E-state index contributed by atoms with van der Waals surface area (Å²) in [5.74, 6) is -0.0721. The van der Waals surface area contributed by atoms with E-state index in [4.69, 9.17) is 10.5 Å². The number of rotatable bonds is 5. The Kier molecular flexibility index (Phi) is 4.28. The number of nitrogens with two attached hydrogens (primary N) is 1. The SMILES string of the molecule is CCOC1CC(NC(=O)c2csc(CN)n2)C12CCCC2. The highest BCUT2D eigenvalue weighted by molar-refractivity contribution is 7.09. The average molecular weight is 309 g/mol. The quantitative estimate of drug-likeness (QED) is 0.873. The lowest BCUT2D eigenvalue weighted by molar-refractivity contribution is -0.127. The van der Waals surface area contributed by atoms with E-state index in [1.807, 2.05) is 6.92 Å². The van der Waals surface area contributed by atoms with Gasteiger partial charge in [-0.25, -0.2) is 4.98 Å². The summed E-state index contributed by atoms with van der Waals surface area (Å²) in [5.41, 5.74) is 6.21. The van der Waals surface area contributed by atoms with E-state index < -0.39 is 0 Å². The van der Waals surface area contributed by atoms with Crippen molar-refractivity contribution in [1.29, 1.82) is 0 Å². The number of hydrogen-bond acceptors (Lipinski definition) is 5. The standard InChI is InChI=1S/C15H23N3O2S/c1-2-20-12-7-11(15(12)5-3-4-6-15)18-14(19)10-9-21-13(8-16)17-10/h9,11-12H,2-8,16H2,1H3,(H,18,19). The highest BCUT2D eigenvalue weighted by Crippen LogP contribution is 2.54. The first-order valence-corrected chi connectivity index (χ1v) is 8.64. The summed E-state index contributed by atoms with van der Waals surface area (Å²) in [6.45, 7) is 3.18. The van der Waals surface area contributed by atoms with Gasteiger partial charge in [0.1, 0.15) is 10.7 Å². The molecule has 2 aliphatic rings. The molecule has 1 aromatic heterocycles. The summed E-state index contributed by atoms with van der Waals surface area (Å²) < 4.78 is 5.87. The molecule has 2 atom stereocenters. The second kappa shape index (κ2) is 6.02. The number of hydrogen-bond donors (Lipinski definition) is 2. The van der Waals surface area contributed by atoms with E-state index in [1.54, 1.807) is 5.38 Å². The van der Waals surface area contributed by atoms with Crippen molar-refractivity contribution in [1.82, 2.24) is 10.3 Å². The average Bonchev–Trinajstić information content (AvgIpc) is 3.16. The summed E-state index contributed by atoms with van der Waals surface area (Å²) in [4.78, 5) is 16.6. The van der Waals surface area contributed by atoms with Crippen molar-refractivity contribution in [3.8, 4) is 0 Å². The third-order valence-corrected chi connectivity index (χ3v) is 5.82. The van der Waals surface area contributed by atoms with E-state index in [2.05, 4.69) is 10.3 Å². The molecular formula is C15H23N3O2S. The fourth-order valence-corrected chi connectivity index (χ4v) is 4.48. The third-order valence-electron chi connectivity index (χ3n) is 4.95. The largest absolute Gasteiger partial charge is 0.378 e. The Hall–Kier alpha value is -0.980. The van der Waals surface area contributed by atoms with Crippen LogP contribution in [-0.2, 0) is 11.3 Å². The highest BCUT2D eigenvalue weighted by atomic mass is 32.1. The van der Waals surface area contributed by atoms with Crippen LogP contribution in [0.1, 0.15) is 54.5 Å². The molecule has 21 heavy (non-hydrogen) atoms. The zero-order valence-corrected chi connectivity index (χ0v) is 13.2. The van der Waals surface area contributed by atoms with Crippen LogP contribution in [0, 0.1) is 5.41 Å². The van der Waals surface area contributed by atoms with Crippen LogP contribution in [-0.4, -0.2) is 29.6 Å². The first kappa shape index (κ1) is 14.9. The molecule has 1 aromatic rings. The van der Waals surface area contributed by atoms with Crippen LogP contribution < -0.4 is 11.1 Å². The van der Waals surface area contributed by atoms with Gasteiger partial charge in [0, 0.05) is 30.0 Å². The number of carbonyl (C=O) groups excluding carboxylic acids is 1. The molecule has 2 unspecified atom stereocenters. The van der Waals surface area contributed by atoms with Crippen LogP contribution in [0.3, 0.4) is 0 Å². The van der Waals surface area contributed by atoms with Gasteiger partial charge >= 0.3 is 0 Å². The Balaban J connectivity index is 1.66. The van der Waals surface area contributed by atoms with Crippen LogP contribution in [0.5, 0.6) is 0 Å². The Morgan fingerprint density at radius 1 is 1.57 bits per heavy atom. The lowest BCUT2D eigenvalue weighted by Crippen LogP contribution is -2.63. The number of ether oxygens (including phenoxy) is 1. The topological polar surface area (TPSA) is 77.2 Å². The van der Waals surface area contributed by atoms with Crippen molar-refractivity contribution in [3.63, 3.8) is 0 Å². The normalized spacial score (nSPS) is 26.8. The van der Waals surface area contributed by atoms with Crippen molar-refractivity contribution in [2.24, 2.45) is 11.1 Å². The number of nitrogens with zero attached hydrogens (tertiary/aromatic N) is 1. The van der Waals surface area contributed by atoms with E-state index >= 15 is 0 Å². The maximum absolute atomic E-state index is 12.3. The van der Waals surface area contributed by atoms with Crippen molar-refractivity contribution in [3.05, 3.63) is 16.1 Å². The summed E-state index contributed by atoms with van der Waals surface area (Å²) in [5, 5.41) is 5.77. The Morgan fingerprint density at radius 3 is 2.95 bits per heavy atom. The van der Waals surface area contributed by atoms with Gasteiger partial charge in [-0.3, -0.25) is 4.79 Å². The molecule has 0 aromatic carbocycles. The Morgan fingerprint density at radius 2 is 2.33 bits per heavy atom. The molecule has 3 N–H and O–H groups in total. The van der Waals surface area contributed by atoms with Crippen LogP contribution in [0.4, 0.5) is 0 Å². The molecule has 0 saturated heterocycles. The van der Waals surface area contributed by atoms with E-state index in [0.717, 1.165) is 30.9 Å². The Bertz CT molecular complexity index is 511. The van der Waals surface area contributed by atoms with E-state index in [1.165, 1.54) is 24.2 Å². The number of thiazole rings is 1. The van der Waals surface area contributed by atoms with Crippen LogP contribution in [0.15, 0.2) is 5.38 Å². The molecular weight excluding hydrogens is 286 g/mol. The lowest BCUT2D eigenvalue weighted by atomic mass is 9.60. The second-order valence-electron chi connectivity index (χ2n) is 5.98. The van der Waals surface area contributed by atoms with Gasteiger partial charge < -0.3 is 15.8 Å². The van der Waals surface area contributed by atoms with E-state index in [0.29, 0.717) is 18.3 Å². The summed E-state index contributed by atoms with van der Waals surface area (Å²) in [6.07, 6.45) is 6.04. The second-order valence-corrected chi connectivity index (χ2v) is 6.92. The minimum absolute atomic E-state index is 0.0721. The molecule has 1 spiro atoms. The van der Waals surface area contributed by atoms with Crippen molar-refractivity contribution in [2.45, 2.75) is 57.7 Å². The summed E-state index contributed by atoms with van der Waals surface area (Å²) >= 11 is 1.44. The molecule has 2 fully saturated rings. The number of carbonyl (C=O) groups is 1. The van der Waals surface area contributed by atoms with Gasteiger partial charge in [0.15, 0.2) is 0 Å². The molecule has 0 aliphatic heterocycles. The molecule has 3 rings (SSSR count). The molecule has 2 aliphatic carbocycles. The van der Waals surface area contributed by atoms with Crippen LogP contribution >= 0.6 is 11.3 Å². The van der Waals surface area contributed by atoms with Crippen LogP contribution in [0.25, 0.3) is 0 Å². The van der Waals surface area contributed by atoms with Crippen molar-refractivity contribution in [2.75, 3.05) is 6.61 Å². The molecule has 116 valence electrons. The minimum Gasteiger partial charge on any atom is -0.378 e. The van der Waals surface area contributed by atoms with Gasteiger partial charge in [0.05, 0.1) is 6.10 Å². The number of amides is 1. The highest BCUT2D eigenvalue weighted by Gasteiger charge is 2.57. The van der Waals surface area contributed by atoms with Gasteiger partial charge in [-0.2, -0.15) is 0 Å². The van der Waals surface area contributed by atoms with Gasteiger partial charge in [-0.15, -0.1) is 11.3 Å². The maximum atomic E-state index is 12.3. The fourth-order valence-electron chi connectivity index (χ4n) is 3.83. The molecule has 0 radical (unpaired) electrons. The van der Waals surface area contributed by atoms with Gasteiger partial charge in [-0.05, 0) is 26.2 Å². The molecule has 1 heterocycles. The molecule has 1 amide bonds. The lowest BCUT2D eigenvalue weighted by Gasteiger charge is -2.54.